The van der Waals surface area contributed by atoms with Crippen LogP contribution in [0.2, 0.25) is 0 Å². The molecule has 130 valence electrons. The van der Waals surface area contributed by atoms with E-state index >= 15 is 0 Å². The summed E-state index contributed by atoms with van der Waals surface area (Å²) in [4.78, 5) is 12.0. The summed E-state index contributed by atoms with van der Waals surface area (Å²) in [7, 11) is 0. The summed E-state index contributed by atoms with van der Waals surface area (Å²) in [5.74, 6) is 1.50. The number of carbonyl (C=O) groups excluding carboxylic acids is 1. The zero-order valence-corrected chi connectivity index (χ0v) is 13.8. The van der Waals surface area contributed by atoms with Gasteiger partial charge in [0, 0.05) is 24.5 Å². The van der Waals surface area contributed by atoms with Crippen molar-refractivity contribution in [1.29, 1.82) is 0 Å². The number of hydrogen-bond acceptors (Lipinski definition) is 5. The molecule has 1 unspecified atom stereocenters. The van der Waals surface area contributed by atoms with Gasteiger partial charge in [0.1, 0.15) is 6.10 Å². The van der Waals surface area contributed by atoms with Gasteiger partial charge in [-0.15, -0.1) is 0 Å². The first-order chi connectivity index (χ1) is 12.3. The first-order valence-corrected chi connectivity index (χ1v) is 8.43. The molecule has 0 aliphatic carbocycles. The average Bonchev–Trinajstić information content (AvgIpc) is 3.32. The van der Waals surface area contributed by atoms with Crippen LogP contribution < -0.4 is 20.1 Å². The summed E-state index contributed by atoms with van der Waals surface area (Å²) in [6.07, 6.45) is 1.42. The fourth-order valence-electron chi connectivity index (χ4n) is 2.93. The lowest BCUT2D eigenvalue weighted by atomic mass is 10.2. The Kier molecular flexibility index (Phi) is 4.43. The van der Waals surface area contributed by atoms with Crippen molar-refractivity contribution in [2.75, 3.05) is 24.0 Å². The molecule has 6 nitrogen and oxygen atoms in total. The predicted octanol–water partition coefficient (Wildman–Crippen LogP) is 3.14. The number of fused-ring (bicyclic) bond motifs is 1. The van der Waals surface area contributed by atoms with Gasteiger partial charge in [0.25, 0.3) is 5.91 Å². The highest BCUT2D eigenvalue weighted by atomic mass is 16.7. The first-order valence-electron chi connectivity index (χ1n) is 8.43. The third-order valence-corrected chi connectivity index (χ3v) is 4.31. The summed E-state index contributed by atoms with van der Waals surface area (Å²) >= 11 is 0. The van der Waals surface area contributed by atoms with Crippen molar-refractivity contribution in [3.63, 3.8) is 0 Å². The smallest absolute Gasteiger partial charge is 0.253 e. The lowest BCUT2D eigenvalue weighted by Gasteiger charge is -2.11. The molecule has 2 aromatic carbocycles. The van der Waals surface area contributed by atoms with Crippen LogP contribution in [0.5, 0.6) is 11.5 Å². The molecule has 2 aromatic rings. The summed E-state index contributed by atoms with van der Waals surface area (Å²) in [6.45, 7) is 1.63. The Morgan fingerprint density at radius 2 is 1.84 bits per heavy atom. The van der Waals surface area contributed by atoms with Crippen LogP contribution >= 0.6 is 0 Å². The van der Waals surface area contributed by atoms with Crippen molar-refractivity contribution in [3.8, 4) is 11.5 Å². The minimum Gasteiger partial charge on any atom is -0.454 e. The minimum atomic E-state index is -0.316. The van der Waals surface area contributed by atoms with E-state index < -0.39 is 0 Å². The van der Waals surface area contributed by atoms with Gasteiger partial charge in [-0.3, -0.25) is 4.79 Å². The molecule has 2 N–H and O–H groups in total. The second-order valence-electron chi connectivity index (χ2n) is 6.11. The molecule has 0 radical (unpaired) electrons. The van der Waals surface area contributed by atoms with Crippen LogP contribution in [0.15, 0.2) is 42.5 Å². The van der Waals surface area contributed by atoms with Crippen LogP contribution in [-0.4, -0.2) is 25.4 Å². The lowest BCUT2D eigenvalue weighted by molar-refractivity contribution is -0.124. The number of ether oxygens (including phenoxy) is 3. The van der Waals surface area contributed by atoms with E-state index in [9.17, 15) is 4.79 Å². The lowest BCUT2D eigenvalue weighted by Crippen LogP contribution is -2.26. The fourth-order valence-corrected chi connectivity index (χ4v) is 2.93. The predicted molar refractivity (Wildman–Crippen MR) is 93.9 cm³/mol. The molecule has 0 spiro atoms. The first kappa shape index (κ1) is 15.8. The number of nitrogens with one attached hydrogen (secondary N) is 2. The second kappa shape index (κ2) is 7.03. The van der Waals surface area contributed by atoms with Crippen LogP contribution in [-0.2, 0) is 16.1 Å². The maximum atomic E-state index is 12.0. The number of hydrogen-bond donors (Lipinski definition) is 2. The van der Waals surface area contributed by atoms with Crippen molar-refractivity contribution >= 4 is 17.3 Å². The van der Waals surface area contributed by atoms with Crippen LogP contribution in [0, 0.1) is 0 Å². The van der Waals surface area contributed by atoms with Gasteiger partial charge in [-0.2, -0.15) is 0 Å². The van der Waals surface area contributed by atoms with Gasteiger partial charge in [-0.05, 0) is 54.8 Å². The summed E-state index contributed by atoms with van der Waals surface area (Å²) in [5, 5.41) is 6.24. The fraction of sp³-hybridized carbons (Fsp3) is 0.316. The molecule has 2 aliphatic rings. The zero-order chi connectivity index (χ0) is 17.1. The van der Waals surface area contributed by atoms with Gasteiger partial charge in [-0.25, -0.2) is 0 Å². The highest BCUT2D eigenvalue weighted by Crippen LogP contribution is 2.32. The molecule has 25 heavy (non-hydrogen) atoms. The third kappa shape index (κ3) is 3.69. The molecule has 1 fully saturated rings. The molecule has 4 rings (SSSR count). The Bertz CT molecular complexity index is 755. The van der Waals surface area contributed by atoms with Gasteiger partial charge in [0.15, 0.2) is 11.5 Å². The van der Waals surface area contributed by atoms with E-state index in [1.165, 1.54) is 0 Å². The van der Waals surface area contributed by atoms with Crippen molar-refractivity contribution < 1.29 is 19.0 Å². The third-order valence-electron chi connectivity index (χ3n) is 4.31. The quantitative estimate of drug-likeness (QED) is 0.875. The van der Waals surface area contributed by atoms with Crippen LogP contribution in [0.1, 0.15) is 18.4 Å². The summed E-state index contributed by atoms with van der Waals surface area (Å²) in [5.41, 5.74) is 2.86. The van der Waals surface area contributed by atoms with Crippen LogP contribution in [0.25, 0.3) is 0 Å². The number of rotatable bonds is 5. The molecule has 0 bridgehead atoms. The van der Waals surface area contributed by atoms with E-state index in [1.54, 1.807) is 0 Å². The molecule has 6 heteroatoms. The van der Waals surface area contributed by atoms with Gasteiger partial charge in [0.2, 0.25) is 6.79 Å². The number of anilines is 2. The van der Waals surface area contributed by atoms with Crippen molar-refractivity contribution in [2.24, 2.45) is 0 Å². The monoisotopic (exact) mass is 340 g/mol. The Hall–Kier alpha value is -2.73. The highest BCUT2D eigenvalue weighted by molar-refractivity contribution is 5.94. The Balaban J connectivity index is 1.32. The molecule has 1 saturated heterocycles. The second-order valence-corrected chi connectivity index (χ2v) is 6.11. The summed E-state index contributed by atoms with van der Waals surface area (Å²) in [6, 6.07) is 13.6. The summed E-state index contributed by atoms with van der Waals surface area (Å²) < 4.78 is 16.1. The molecule has 1 amide bonds. The molecule has 0 saturated carbocycles. The van der Waals surface area contributed by atoms with E-state index in [0.29, 0.717) is 13.2 Å². The van der Waals surface area contributed by atoms with Gasteiger partial charge in [0.05, 0.1) is 0 Å². The topological polar surface area (TPSA) is 68.8 Å². The van der Waals surface area contributed by atoms with Crippen molar-refractivity contribution in [1.82, 2.24) is 0 Å². The van der Waals surface area contributed by atoms with Gasteiger partial charge in [-0.1, -0.05) is 6.07 Å². The Morgan fingerprint density at radius 1 is 1.04 bits per heavy atom. The van der Waals surface area contributed by atoms with E-state index in [1.807, 2.05) is 42.5 Å². The Labute approximate surface area is 146 Å². The van der Waals surface area contributed by atoms with E-state index in [0.717, 1.165) is 41.3 Å². The number of carbonyl (C=O) groups is 1. The zero-order valence-electron chi connectivity index (χ0n) is 13.8. The van der Waals surface area contributed by atoms with Gasteiger partial charge >= 0.3 is 0 Å². The largest absolute Gasteiger partial charge is 0.454 e. The average molecular weight is 340 g/mol. The highest BCUT2D eigenvalue weighted by Gasteiger charge is 2.23. The number of benzene rings is 2. The number of amides is 1. The maximum Gasteiger partial charge on any atom is 0.253 e. The SMILES string of the molecule is O=C(Nc1ccc(NCc2ccc3c(c2)OCO3)cc1)C1CCCO1. The maximum absolute atomic E-state index is 12.0. The van der Waals surface area contributed by atoms with E-state index in [2.05, 4.69) is 10.6 Å². The van der Waals surface area contributed by atoms with Crippen LogP contribution in [0.3, 0.4) is 0 Å². The Morgan fingerprint density at radius 3 is 2.64 bits per heavy atom. The van der Waals surface area contributed by atoms with Crippen molar-refractivity contribution in [2.45, 2.75) is 25.5 Å². The van der Waals surface area contributed by atoms with Crippen molar-refractivity contribution in [3.05, 3.63) is 48.0 Å². The molecule has 2 heterocycles. The van der Waals surface area contributed by atoms with Gasteiger partial charge < -0.3 is 24.8 Å². The molecule has 2 aliphatic heterocycles. The minimum absolute atomic E-state index is 0.0708. The van der Waals surface area contributed by atoms with Crippen LogP contribution in [0.4, 0.5) is 11.4 Å². The molecule has 0 aromatic heterocycles. The molecular weight excluding hydrogens is 320 g/mol. The molecular formula is C19H20N2O4. The normalized spacial score (nSPS) is 18.2. The van der Waals surface area contributed by atoms with E-state index in [4.69, 9.17) is 14.2 Å². The molecule has 1 atom stereocenters. The standard InChI is InChI=1S/C19H20N2O4/c22-19(17-2-1-9-23-17)21-15-6-4-14(5-7-15)20-11-13-3-8-16-18(10-13)25-12-24-16/h3-8,10,17,20H,1-2,9,11-12H2,(H,21,22). The van der Waals surface area contributed by atoms with E-state index in [-0.39, 0.29) is 18.8 Å².